The first-order chi connectivity index (χ1) is 14.8. The summed E-state index contributed by atoms with van der Waals surface area (Å²) in [7, 11) is 0. The minimum absolute atomic E-state index is 0.0637. The van der Waals surface area contributed by atoms with Gasteiger partial charge in [-0.05, 0) is 35.4 Å². The molecular weight excluding hydrogens is 392 g/mol. The minimum Gasteiger partial charge on any atom is -0.238 e. The number of aromatic nitrogens is 2. The van der Waals surface area contributed by atoms with Crippen molar-refractivity contribution in [3.8, 4) is 11.3 Å². The van der Waals surface area contributed by atoms with Crippen molar-refractivity contribution in [2.75, 3.05) is 5.01 Å². The molecule has 0 radical (unpaired) electrons. The Bertz CT molecular complexity index is 1160. The van der Waals surface area contributed by atoms with Crippen LogP contribution in [0.15, 0.2) is 102 Å². The summed E-state index contributed by atoms with van der Waals surface area (Å²) >= 11 is 6.06. The van der Waals surface area contributed by atoms with Crippen LogP contribution in [-0.2, 0) is 0 Å². The third-order valence-corrected chi connectivity index (χ3v) is 5.48. The lowest BCUT2D eigenvalue weighted by atomic mass is 9.98. The molecule has 0 saturated heterocycles. The average molecular weight is 411 g/mol. The normalized spacial score (nSPS) is 15.8. The fraction of sp³-hybridized carbons (Fsp3) is 0.0800. The van der Waals surface area contributed by atoms with Gasteiger partial charge in [0.05, 0.1) is 17.4 Å². The van der Waals surface area contributed by atoms with Crippen LogP contribution in [0, 0.1) is 0 Å². The topological polar surface area (TPSA) is 41.4 Å². The maximum atomic E-state index is 6.06. The van der Waals surface area contributed by atoms with Crippen LogP contribution >= 0.6 is 11.6 Å². The van der Waals surface area contributed by atoms with E-state index >= 15 is 0 Å². The average Bonchev–Trinajstić information content (AvgIpc) is 3.26. The van der Waals surface area contributed by atoms with Gasteiger partial charge in [-0.25, -0.2) is 5.01 Å². The molecule has 3 aromatic carbocycles. The van der Waals surface area contributed by atoms with E-state index in [4.69, 9.17) is 16.7 Å². The first-order valence-electron chi connectivity index (χ1n) is 9.85. The lowest BCUT2D eigenvalue weighted by molar-refractivity contribution is 0.692. The molecule has 0 amide bonds. The second-order valence-electron chi connectivity index (χ2n) is 7.17. The number of nitrogens with zero attached hydrogens (tertiary/aromatic N) is 4. The van der Waals surface area contributed by atoms with Gasteiger partial charge >= 0.3 is 0 Å². The highest BCUT2D eigenvalue weighted by atomic mass is 35.5. The number of rotatable bonds is 4. The quantitative estimate of drug-likeness (QED) is 0.405. The lowest BCUT2D eigenvalue weighted by Crippen LogP contribution is -2.20. The Morgan fingerprint density at radius 2 is 1.40 bits per heavy atom. The molecule has 0 saturated carbocycles. The number of benzene rings is 3. The zero-order valence-corrected chi connectivity index (χ0v) is 16.9. The molecule has 1 aliphatic heterocycles. The van der Waals surface area contributed by atoms with Crippen molar-refractivity contribution in [3.05, 3.63) is 113 Å². The van der Waals surface area contributed by atoms with Gasteiger partial charge in [0.15, 0.2) is 5.82 Å². The summed E-state index contributed by atoms with van der Waals surface area (Å²) in [6.07, 6.45) is 0.785. The van der Waals surface area contributed by atoms with E-state index in [1.165, 1.54) is 5.56 Å². The van der Waals surface area contributed by atoms with Crippen LogP contribution in [0.3, 0.4) is 0 Å². The highest BCUT2D eigenvalue weighted by molar-refractivity contribution is 6.30. The number of hydrogen-bond donors (Lipinski definition) is 0. The van der Waals surface area contributed by atoms with E-state index < -0.39 is 0 Å². The highest BCUT2D eigenvalue weighted by Gasteiger charge is 2.30. The third kappa shape index (κ3) is 3.70. The van der Waals surface area contributed by atoms with Crippen LogP contribution in [0.1, 0.15) is 23.6 Å². The lowest BCUT2D eigenvalue weighted by Gasteiger charge is -2.22. The number of hydrogen-bond acceptors (Lipinski definition) is 4. The zero-order chi connectivity index (χ0) is 20.3. The minimum atomic E-state index is 0.0637. The molecule has 0 N–H and O–H groups in total. The molecule has 146 valence electrons. The summed E-state index contributed by atoms with van der Waals surface area (Å²) < 4.78 is 0. The molecule has 0 fully saturated rings. The maximum Gasteiger partial charge on any atom is 0.172 e. The van der Waals surface area contributed by atoms with E-state index in [2.05, 4.69) is 34.5 Å². The highest BCUT2D eigenvalue weighted by Crippen LogP contribution is 2.36. The second kappa shape index (κ2) is 8.09. The predicted molar refractivity (Wildman–Crippen MR) is 122 cm³/mol. The predicted octanol–water partition coefficient (Wildman–Crippen LogP) is 6.15. The van der Waals surface area contributed by atoms with Gasteiger partial charge in [-0.3, -0.25) is 0 Å². The molecule has 4 aromatic rings. The smallest absolute Gasteiger partial charge is 0.172 e. The molecule has 1 unspecified atom stereocenters. The molecule has 0 spiro atoms. The Morgan fingerprint density at radius 3 is 2.07 bits per heavy atom. The molecule has 2 heterocycles. The van der Waals surface area contributed by atoms with Crippen LogP contribution in [0.25, 0.3) is 11.3 Å². The molecule has 1 atom stereocenters. The Balaban J connectivity index is 1.51. The molecule has 4 nitrogen and oxygen atoms in total. The largest absolute Gasteiger partial charge is 0.238 e. The molecule has 1 aromatic heterocycles. The number of anilines is 1. The summed E-state index contributed by atoms with van der Waals surface area (Å²) in [6, 6.07) is 32.3. The molecule has 30 heavy (non-hydrogen) atoms. The second-order valence-corrected chi connectivity index (χ2v) is 7.61. The fourth-order valence-corrected chi connectivity index (χ4v) is 3.81. The first-order valence-corrected chi connectivity index (χ1v) is 10.2. The van der Waals surface area contributed by atoms with Gasteiger partial charge < -0.3 is 0 Å². The van der Waals surface area contributed by atoms with E-state index in [-0.39, 0.29) is 6.04 Å². The van der Waals surface area contributed by atoms with Gasteiger partial charge in [0.1, 0.15) is 0 Å². The zero-order valence-electron chi connectivity index (χ0n) is 16.2. The van der Waals surface area contributed by atoms with Gasteiger partial charge in [0, 0.05) is 17.0 Å². The Kier molecular flexibility index (Phi) is 4.99. The van der Waals surface area contributed by atoms with Crippen LogP contribution in [-0.4, -0.2) is 15.9 Å². The van der Waals surface area contributed by atoms with Gasteiger partial charge in [0.2, 0.25) is 0 Å². The monoisotopic (exact) mass is 410 g/mol. The molecule has 5 rings (SSSR count). The van der Waals surface area contributed by atoms with Crippen molar-refractivity contribution in [3.63, 3.8) is 0 Å². The SMILES string of the molecule is Clc1ccc(C2=NN(c3ccc(-c4ccccc4)nn3)C(c3ccccc3)C2)cc1. The molecule has 1 aliphatic rings. The maximum absolute atomic E-state index is 6.06. The van der Waals surface area contributed by atoms with Crippen molar-refractivity contribution in [2.45, 2.75) is 12.5 Å². The standard InChI is InChI=1S/C25H19ClN4/c26-21-13-11-19(12-14-21)23-17-24(20-9-5-2-6-10-20)30(29-23)25-16-15-22(27-28-25)18-7-3-1-4-8-18/h1-16,24H,17H2. The summed E-state index contributed by atoms with van der Waals surface area (Å²) in [5, 5.41) is 16.6. The molecule has 0 bridgehead atoms. The van der Waals surface area contributed by atoms with Crippen molar-refractivity contribution in [2.24, 2.45) is 5.10 Å². The van der Waals surface area contributed by atoms with Gasteiger partial charge in [-0.15, -0.1) is 10.2 Å². The van der Waals surface area contributed by atoms with Crippen LogP contribution < -0.4 is 5.01 Å². The Morgan fingerprint density at radius 1 is 0.700 bits per heavy atom. The van der Waals surface area contributed by atoms with Crippen LogP contribution in [0.2, 0.25) is 5.02 Å². The van der Waals surface area contributed by atoms with Crippen LogP contribution in [0.5, 0.6) is 0 Å². The van der Waals surface area contributed by atoms with Gasteiger partial charge in [0.25, 0.3) is 0 Å². The summed E-state index contributed by atoms with van der Waals surface area (Å²) in [4.78, 5) is 0. The van der Waals surface area contributed by atoms with E-state index in [1.54, 1.807) is 0 Å². The van der Waals surface area contributed by atoms with Crippen molar-refractivity contribution >= 4 is 23.1 Å². The van der Waals surface area contributed by atoms with Crippen molar-refractivity contribution in [1.82, 2.24) is 10.2 Å². The fourth-order valence-electron chi connectivity index (χ4n) is 3.68. The summed E-state index contributed by atoms with van der Waals surface area (Å²) in [5.41, 5.74) is 5.16. The summed E-state index contributed by atoms with van der Waals surface area (Å²) in [5.74, 6) is 0.729. The van der Waals surface area contributed by atoms with Crippen LogP contribution in [0.4, 0.5) is 5.82 Å². The molecule has 5 heteroatoms. The van der Waals surface area contributed by atoms with Crippen molar-refractivity contribution in [1.29, 1.82) is 0 Å². The number of halogens is 1. The Hall–Kier alpha value is -3.50. The van der Waals surface area contributed by atoms with Crippen molar-refractivity contribution < 1.29 is 0 Å². The molecule has 0 aliphatic carbocycles. The van der Waals surface area contributed by atoms with E-state index in [1.807, 2.05) is 77.8 Å². The number of hydrazone groups is 1. The Labute approximate surface area is 180 Å². The van der Waals surface area contributed by atoms with E-state index in [9.17, 15) is 0 Å². The summed E-state index contributed by atoms with van der Waals surface area (Å²) in [6.45, 7) is 0. The van der Waals surface area contributed by atoms with Gasteiger partial charge in [-0.1, -0.05) is 84.4 Å². The first kappa shape index (κ1) is 18.5. The van der Waals surface area contributed by atoms with E-state index in [0.717, 1.165) is 39.8 Å². The van der Waals surface area contributed by atoms with Gasteiger partial charge in [-0.2, -0.15) is 5.10 Å². The van der Waals surface area contributed by atoms with E-state index in [0.29, 0.717) is 0 Å². The third-order valence-electron chi connectivity index (χ3n) is 5.23. The molecular formula is C25H19ClN4.